The molecule has 1 aromatic carbocycles. The molecule has 0 aliphatic heterocycles. The molecule has 3 aromatic rings. The quantitative estimate of drug-likeness (QED) is 0.771. The van der Waals surface area contributed by atoms with Gasteiger partial charge in [0.1, 0.15) is 6.61 Å². The molecule has 5 nitrogen and oxygen atoms in total. The Kier molecular flexibility index (Phi) is 2.57. The van der Waals surface area contributed by atoms with Gasteiger partial charge < -0.3 is 9.52 Å². The number of benzene rings is 1. The third-order valence-corrected chi connectivity index (χ3v) is 3.10. The Labute approximate surface area is 108 Å². The van der Waals surface area contributed by atoms with Gasteiger partial charge in [-0.2, -0.15) is 9.50 Å². The molecule has 6 heteroatoms. The summed E-state index contributed by atoms with van der Waals surface area (Å²) in [7, 11) is 0. The van der Waals surface area contributed by atoms with E-state index in [0.717, 1.165) is 11.3 Å². The first kappa shape index (κ1) is 11.3. The molecule has 92 valence electrons. The van der Waals surface area contributed by atoms with E-state index in [1.54, 1.807) is 10.6 Å². The lowest BCUT2D eigenvalue weighted by atomic mass is 10.2. The number of nitrogens with zero attached hydrogens (tertiary/aromatic N) is 3. The monoisotopic (exact) mass is 263 g/mol. The van der Waals surface area contributed by atoms with Crippen molar-refractivity contribution in [2.75, 3.05) is 0 Å². The molecule has 0 amide bonds. The van der Waals surface area contributed by atoms with E-state index in [-0.39, 0.29) is 6.61 Å². The number of aromatic nitrogens is 3. The van der Waals surface area contributed by atoms with E-state index >= 15 is 0 Å². The van der Waals surface area contributed by atoms with Gasteiger partial charge >= 0.3 is 5.84 Å². The van der Waals surface area contributed by atoms with Gasteiger partial charge in [0.2, 0.25) is 0 Å². The van der Waals surface area contributed by atoms with Crippen molar-refractivity contribution in [3.63, 3.8) is 0 Å². The van der Waals surface area contributed by atoms with Crippen LogP contribution in [0.4, 0.5) is 0 Å². The van der Waals surface area contributed by atoms with E-state index < -0.39 is 0 Å². The number of fused-ring (bicyclic) bond motifs is 1. The molecule has 3 rings (SSSR count). The van der Waals surface area contributed by atoms with Gasteiger partial charge in [0, 0.05) is 5.56 Å². The fourth-order valence-electron chi connectivity index (χ4n) is 1.79. The van der Waals surface area contributed by atoms with Crippen LogP contribution in [0.25, 0.3) is 17.2 Å². The highest BCUT2D eigenvalue weighted by molar-refractivity contribution is 6.33. The third-order valence-electron chi connectivity index (χ3n) is 2.77. The van der Waals surface area contributed by atoms with Crippen molar-refractivity contribution in [2.45, 2.75) is 13.5 Å². The van der Waals surface area contributed by atoms with Crippen LogP contribution in [0, 0.1) is 6.92 Å². The van der Waals surface area contributed by atoms with Crippen molar-refractivity contribution < 1.29 is 9.52 Å². The van der Waals surface area contributed by atoms with E-state index in [1.807, 2.05) is 25.1 Å². The van der Waals surface area contributed by atoms with Gasteiger partial charge in [-0.05, 0) is 19.1 Å². The summed E-state index contributed by atoms with van der Waals surface area (Å²) in [5, 5.41) is 14.0. The molecule has 1 N–H and O–H groups in total. The Balaban J connectivity index is 2.18. The van der Waals surface area contributed by atoms with Gasteiger partial charge in [0.25, 0.3) is 0 Å². The zero-order chi connectivity index (χ0) is 12.7. The second-order valence-electron chi connectivity index (χ2n) is 3.88. The Morgan fingerprint density at radius 1 is 1.39 bits per heavy atom. The van der Waals surface area contributed by atoms with Crippen LogP contribution in [0.2, 0.25) is 5.02 Å². The number of rotatable bonds is 2. The Bertz CT molecular complexity index is 717. The topological polar surface area (TPSA) is 63.6 Å². The van der Waals surface area contributed by atoms with E-state index in [0.29, 0.717) is 22.5 Å². The summed E-state index contributed by atoms with van der Waals surface area (Å²) >= 11 is 6.09. The number of hydrogen-bond acceptors (Lipinski definition) is 4. The number of aliphatic hydroxyl groups is 1. The van der Waals surface area contributed by atoms with E-state index in [2.05, 4.69) is 10.1 Å². The zero-order valence-corrected chi connectivity index (χ0v) is 10.3. The van der Waals surface area contributed by atoms with Crippen LogP contribution >= 0.6 is 11.6 Å². The lowest BCUT2D eigenvalue weighted by molar-refractivity contribution is 0.249. The molecule has 2 heterocycles. The highest BCUT2D eigenvalue weighted by atomic mass is 35.5. The summed E-state index contributed by atoms with van der Waals surface area (Å²) in [6, 6.07) is 7.35. The van der Waals surface area contributed by atoms with Crippen LogP contribution in [-0.4, -0.2) is 19.7 Å². The minimum absolute atomic E-state index is 0.168. The number of aliphatic hydroxyl groups excluding tert-OH is 1. The summed E-state index contributed by atoms with van der Waals surface area (Å²) in [5.74, 6) is 1.33. The number of oxazole rings is 1. The van der Waals surface area contributed by atoms with Crippen molar-refractivity contribution in [3.8, 4) is 11.4 Å². The lowest BCUT2D eigenvalue weighted by Gasteiger charge is -1.97. The van der Waals surface area contributed by atoms with Gasteiger partial charge in [-0.15, -0.1) is 5.10 Å². The second-order valence-corrected chi connectivity index (χ2v) is 4.29. The maximum absolute atomic E-state index is 9.08. The van der Waals surface area contributed by atoms with Gasteiger partial charge in [-0.3, -0.25) is 0 Å². The molecule has 0 bridgehead atoms. The van der Waals surface area contributed by atoms with Gasteiger partial charge in [-0.1, -0.05) is 23.7 Å². The molecule has 18 heavy (non-hydrogen) atoms. The van der Waals surface area contributed by atoms with Gasteiger partial charge in [0.15, 0.2) is 11.6 Å². The largest absolute Gasteiger partial charge is 0.424 e. The number of hydrogen-bond donors (Lipinski definition) is 1. The first-order valence-corrected chi connectivity index (χ1v) is 5.79. The van der Waals surface area contributed by atoms with Crippen LogP contribution in [0.5, 0.6) is 0 Å². The molecule has 0 saturated heterocycles. The molecule has 0 atom stereocenters. The maximum atomic E-state index is 9.08. The summed E-state index contributed by atoms with van der Waals surface area (Å²) in [4.78, 5) is 4.26. The van der Waals surface area contributed by atoms with E-state index in [1.165, 1.54) is 0 Å². The second kappa shape index (κ2) is 4.12. The van der Waals surface area contributed by atoms with E-state index in [4.69, 9.17) is 21.1 Å². The highest BCUT2D eigenvalue weighted by Crippen LogP contribution is 2.26. The predicted octanol–water partition coefficient (Wildman–Crippen LogP) is 2.44. The molecule has 0 unspecified atom stereocenters. The molecule has 0 fully saturated rings. The maximum Gasteiger partial charge on any atom is 0.325 e. The normalized spacial score (nSPS) is 11.3. The molecule has 2 aromatic heterocycles. The fourth-order valence-corrected chi connectivity index (χ4v) is 2.01. The summed E-state index contributed by atoms with van der Waals surface area (Å²) in [5.41, 5.74) is 1.49. The Hall–Kier alpha value is -1.85. The Morgan fingerprint density at radius 2 is 2.17 bits per heavy atom. The minimum Gasteiger partial charge on any atom is -0.424 e. The Morgan fingerprint density at radius 3 is 2.83 bits per heavy atom. The molecule has 0 aliphatic rings. The standard InChI is InChI=1S/C12H10ClN3O2/c1-7-10(6-17)18-12-14-11(15-16(7)12)8-4-2-3-5-9(8)13/h2-5,17H,6H2,1H3. The summed E-state index contributed by atoms with van der Waals surface area (Å²) < 4.78 is 6.95. The fraction of sp³-hybridized carbons (Fsp3) is 0.167. The van der Waals surface area contributed by atoms with Crippen molar-refractivity contribution in [3.05, 3.63) is 40.7 Å². The predicted molar refractivity (Wildman–Crippen MR) is 66.4 cm³/mol. The van der Waals surface area contributed by atoms with Crippen LogP contribution in [-0.2, 0) is 6.61 Å². The van der Waals surface area contributed by atoms with Crippen molar-refractivity contribution in [1.29, 1.82) is 0 Å². The van der Waals surface area contributed by atoms with E-state index in [9.17, 15) is 0 Å². The molecule has 0 spiro atoms. The third kappa shape index (κ3) is 1.60. The average molecular weight is 264 g/mol. The molecule has 0 radical (unpaired) electrons. The molecule has 0 aliphatic carbocycles. The first-order chi connectivity index (χ1) is 8.70. The van der Waals surface area contributed by atoms with Crippen molar-refractivity contribution in [1.82, 2.24) is 14.6 Å². The lowest BCUT2D eigenvalue weighted by Crippen LogP contribution is -1.91. The number of halogens is 1. The molecule has 0 saturated carbocycles. The van der Waals surface area contributed by atoms with Crippen molar-refractivity contribution in [2.24, 2.45) is 0 Å². The van der Waals surface area contributed by atoms with Gasteiger partial charge in [0.05, 0.1) is 10.7 Å². The van der Waals surface area contributed by atoms with Crippen LogP contribution in [0.3, 0.4) is 0 Å². The first-order valence-electron chi connectivity index (χ1n) is 5.41. The number of aryl methyl sites for hydroxylation is 1. The molecular formula is C12H10ClN3O2. The van der Waals surface area contributed by atoms with Crippen LogP contribution in [0.15, 0.2) is 28.7 Å². The average Bonchev–Trinajstić information content (AvgIpc) is 2.90. The summed E-state index contributed by atoms with van der Waals surface area (Å²) in [6.07, 6.45) is 0. The van der Waals surface area contributed by atoms with Crippen LogP contribution in [0.1, 0.15) is 11.5 Å². The SMILES string of the molecule is Cc1c(CO)oc2nc(-c3ccccc3Cl)nn12. The minimum atomic E-state index is -0.168. The zero-order valence-electron chi connectivity index (χ0n) is 9.59. The smallest absolute Gasteiger partial charge is 0.325 e. The summed E-state index contributed by atoms with van der Waals surface area (Å²) in [6.45, 7) is 1.64. The van der Waals surface area contributed by atoms with Gasteiger partial charge in [-0.25, -0.2) is 0 Å². The highest BCUT2D eigenvalue weighted by Gasteiger charge is 2.16. The molecular weight excluding hydrogens is 254 g/mol. The van der Waals surface area contributed by atoms with Crippen molar-refractivity contribution >= 4 is 17.4 Å². The van der Waals surface area contributed by atoms with Crippen LogP contribution < -0.4 is 0 Å².